The van der Waals surface area contributed by atoms with Crippen LogP contribution in [0.25, 0.3) is 0 Å². The van der Waals surface area contributed by atoms with Crippen LogP contribution in [0.2, 0.25) is 0 Å². The molecule has 0 saturated carbocycles. The Bertz CT molecular complexity index is 413. The summed E-state index contributed by atoms with van der Waals surface area (Å²) in [6.07, 6.45) is 2.67. The molecule has 0 aliphatic heterocycles. The molecule has 3 N–H and O–H groups in total. The molecule has 6 nitrogen and oxygen atoms in total. The van der Waals surface area contributed by atoms with Gasteiger partial charge >= 0.3 is 0 Å². The van der Waals surface area contributed by atoms with Crippen molar-refractivity contribution >= 4 is 11.6 Å². The number of carbonyl (C=O) groups is 1. The van der Waals surface area contributed by atoms with Gasteiger partial charge in [-0.15, -0.1) is 0 Å². The van der Waals surface area contributed by atoms with Gasteiger partial charge in [-0.3, -0.25) is 9.48 Å². The van der Waals surface area contributed by atoms with Gasteiger partial charge in [-0.1, -0.05) is 0 Å². The lowest BCUT2D eigenvalue weighted by molar-refractivity contribution is 0.0756. The molecule has 0 atom stereocenters. The van der Waals surface area contributed by atoms with Crippen molar-refractivity contribution in [3.05, 3.63) is 11.9 Å². The fourth-order valence-corrected chi connectivity index (χ4v) is 1.52. The van der Waals surface area contributed by atoms with Gasteiger partial charge in [-0.2, -0.15) is 5.10 Å². The standard InChI is InChI=1S/C13H24N4O2/c1-9(2)17-8-11(14)12(16-17)13(18)15-6-5-7-19-10(3)4/h8-10H,5-7,14H2,1-4H3,(H,15,18). The Morgan fingerprint density at radius 1 is 1.47 bits per heavy atom. The average molecular weight is 268 g/mol. The third-order valence-electron chi connectivity index (χ3n) is 2.56. The molecular weight excluding hydrogens is 244 g/mol. The number of ether oxygens (including phenoxy) is 1. The first-order chi connectivity index (χ1) is 8.91. The van der Waals surface area contributed by atoms with E-state index in [0.717, 1.165) is 6.42 Å². The zero-order valence-corrected chi connectivity index (χ0v) is 12.1. The molecule has 6 heteroatoms. The van der Waals surface area contributed by atoms with Gasteiger partial charge in [0.2, 0.25) is 0 Å². The van der Waals surface area contributed by atoms with Gasteiger partial charge in [-0.25, -0.2) is 0 Å². The Morgan fingerprint density at radius 2 is 2.16 bits per heavy atom. The summed E-state index contributed by atoms with van der Waals surface area (Å²) in [5.41, 5.74) is 6.48. The normalized spacial score (nSPS) is 11.3. The topological polar surface area (TPSA) is 82.2 Å². The number of nitrogen functional groups attached to an aromatic ring is 1. The lowest BCUT2D eigenvalue weighted by atomic mass is 10.3. The number of carbonyl (C=O) groups excluding carboxylic acids is 1. The van der Waals surface area contributed by atoms with E-state index in [2.05, 4.69) is 10.4 Å². The van der Waals surface area contributed by atoms with E-state index < -0.39 is 0 Å². The molecule has 1 heterocycles. The summed E-state index contributed by atoms with van der Waals surface area (Å²) in [7, 11) is 0. The predicted molar refractivity (Wildman–Crippen MR) is 75.1 cm³/mol. The van der Waals surface area contributed by atoms with Crippen LogP contribution in [0.3, 0.4) is 0 Å². The van der Waals surface area contributed by atoms with Crippen LogP contribution >= 0.6 is 0 Å². The molecule has 0 aliphatic carbocycles. The number of hydrogen-bond donors (Lipinski definition) is 2. The Morgan fingerprint density at radius 3 is 2.68 bits per heavy atom. The number of nitrogens with two attached hydrogens (primary N) is 1. The summed E-state index contributed by atoms with van der Waals surface area (Å²) in [5.74, 6) is -0.235. The fraction of sp³-hybridized carbons (Fsp3) is 0.692. The van der Waals surface area contributed by atoms with Gasteiger partial charge in [0.1, 0.15) is 0 Å². The van der Waals surface area contributed by atoms with Crippen molar-refractivity contribution in [2.75, 3.05) is 18.9 Å². The minimum absolute atomic E-state index is 0.184. The van der Waals surface area contributed by atoms with Crippen molar-refractivity contribution in [1.29, 1.82) is 0 Å². The van der Waals surface area contributed by atoms with Crippen molar-refractivity contribution in [1.82, 2.24) is 15.1 Å². The quantitative estimate of drug-likeness (QED) is 0.736. The first kappa shape index (κ1) is 15.5. The molecule has 0 spiro atoms. The highest BCUT2D eigenvalue weighted by atomic mass is 16.5. The fourth-order valence-electron chi connectivity index (χ4n) is 1.52. The van der Waals surface area contributed by atoms with Crippen molar-refractivity contribution in [3.8, 4) is 0 Å². The van der Waals surface area contributed by atoms with Gasteiger partial charge < -0.3 is 15.8 Å². The second kappa shape index (κ2) is 7.13. The second-order valence-electron chi connectivity index (χ2n) is 5.04. The Hall–Kier alpha value is -1.56. The van der Waals surface area contributed by atoms with E-state index in [1.54, 1.807) is 10.9 Å². The third-order valence-corrected chi connectivity index (χ3v) is 2.56. The lowest BCUT2D eigenvalue weighted by Crippen LogP contribution is -2.26. The zero-order valence-electron chi connectivity index (χ0n) is 12.1. The van der Waals surface area contributed by atoms with Crippen LogP contribution in [0.15, 0.2) is 6.20 Å². The van der Waals surface area contributed by atoms with Crippen LogP contribution in [-0.2, 0) is 4.74 Å². The minimum Gasteiger partial charge on any atom is -0.396 e. The number of hydrogen-bond acceptors (Lipinski definition) is 4. The first-order valence-electron chi connectivity index (χ1n) is 6.66. The van der Waals surface area contributed by atoms with E-state index in [0.29, 0.717) is 24.5 Å². The number of nitrogens with one attached hydrogen (secondary N) is 1. The SMILES string of the molecule is CC(C)OCCCNC(=O)c1nn(C(C)C)cc1N. The molecule has 1 rings (SSSR count). The maximum Gasteiger partial charge on any atom is 0.273 e. The lowest BCUT2D eigenvalue weighted by Gasteiger charge is -2.07. The highest BCUT2D eigenvalue weighted by Crippen LogP contribution is 2.12. The van der Waals surface area contributed by atoms with Crippen molar-refractivity contribution in [3.63, 3.8) is 0 Å². The zero-order chi connectivity index (χ0) is 14.4. The molecule has 1 aromatic rings. The average Bonchev–Trinajstić information content (AvgIpc) is 2.70. The maximum absolute atomic E-state index is 11.9. The summed E-state index contributed by atoms with van der Waals surface area (Å²) in [4.78, 5) is 11.9. The summed E-state index contributed by atoms with van der Waals surface area (Å²) in [6, 6.07) is 0.184. The molecule has 19 heavy (non-hydrogen) atoms. The third kappa shape index (κ3) is 4.90. The molecule has 0 saturated heterocycles. The Labute approximate surface area is 114 Å². The summed E-state index contributed by atoms with van der Waals surface area (Å²) in [5, 5.41) is 6.98. The largest absolute Gasteiger partial charge is 0.396 e. The van der Waals surface area contributed by atoms with E-state index in [9.17, 15) is 4.79 Å². The summed E-state index contributed by atoms with van der Waals surface area (Å²) < 4.78 is 7.08. The minimum atomic E-state index is -0.235. The van der Waals surface area contributed by atoms with Crippen molar-refractivity contribution in [2.24, 2.45) is 0 Å². The van der Waals surface area contributed by atoms with E-state index >= 15 is 0 Å². The van der Waals surface area contributed by atoms with Crippen LogP contribution in [0.1, 0.15) is 50.6 Å². The van der Waals surface area contributed by atoms with Gasteiger partial charge in [0.15, 0.2) is 5.69 Å². The van der Waals surface area contributed by atoms with Crippen LogP contribution in [0.5, 0.6) is 0 Å². The number of anilines is 1. The smallest absolute Gasteiger partial charge is 0.273 e. The first-order valence-corrected chi connectivity index (χ1v) is 6.66. The summed E-state index contributed by atoms with van der Waals surface area (Å²) >= 11 is 0. The van der Waals surface area contributed by atoms with Gasteiger partial charge in [0.05, 0.1) is 11.8 Å². The maximum atomic E-state index is 11.9. The highest BCUT2D eigenvalue weighted by molar-refractivity contribution is 5.96. The molecule has 0 bridgehead atoms. The second-order valence-corrected chi connectivity index (χ2v) is 5.04. The molecule has 0 aromatic carbocycles. The van der Waals surface area contributed by atoms with Gasteiger partial charge in [-0.05, 0) is 34.1 Å². The molecule has 0 radical (unpaired) electrons. The van der Waals surface area contributed by atoms with Crippen LogP contribution in [0.4, 0.5) is 5.69 Å². The predicted octanol–water partition coefficient (Wildman–Crippen LogP) is 1.59. The highest BCUT2D eigenvalue weighted by Gasteiger charge is 2.15. The van der Waals surface area contributed by atoms with Crippen LogP contribution in [-0.4, -0.2) is 34.9 Å². The van der Waals surface area contributed by atoms with E-state index in [4.69, 9.17) is 10.5 Å². The number of aromatic nitrogens is 2. The number of rotatable bonds is 7. The molecule has 0 unspecified atom stereocenters. The van der Waals surface area contributed by atoms with Crippen LogP contribution < -0.4 is 11.1 Å². The van der Waals surface area contributed by atoms with Crippen molar-refractivity contribution < 1.29 is 9.53 Å². The number of amides is 1. The van der Waals surface area contributed by atoms with Gasteiger partial charge in [0.25, 0.3) is 5.91 Å². The number of nitrogens with zero attached hydrogens (tertiary/aromatic N) is 2. The monoisotopic (exact) mass is 268 g/mol. The summed E-state index contributed by atoms with van der Waals surface area (Å²) in [6.45, 7) is 9.12. The van der Waals surface area contributed by atoms with E-state index in [1.165, 1.54) is 0 Å². The molecule has 108 valence electrons. The van der Waals surface area contributed by atoms with E-state index in [-0.39, 0.29) is 18.1 Å². The van der Waals surface area contributed by atoms with Crippen molar-refractivity contribution in [2.45, 2.75) is 46.3 Å². The molecule has 0 aliphatic rings. The Balaban J connectivity index is 2.41. The van der Waals surface area contributed by atoms with Crippen LogP contribution in [0, 0.1) is 0 Å². The van der Waals surface area contributed by atoms with E-state index in [1.807, 2.05) is 27.7 Å². The van der Waals surface area contributed by atoms with Gasteiger partial charge in [0, 0.05) is 25.4 Å². The molecular formula is C13H24N4O2. The molecule has 0 fully saturated rings. The Kier molecular flexibility index (Phi) is 5.82. The molecule has 1 amide bonds. The molecule has 1 aromatic heterocycles.